The summed E-state index contributed by atoms with van der Waals surface area (Å²) in [6, 6.07) is 6.38. The Morgan fingerprint density at radius 3 is 2.53 bits per heavy atom. The summed E-state index contributed by atoms with van der Waals surface area (Å²) in [6.07, 6.45) is 2.36. The zero-order chi connectivity index (χ0) is 12.4. The first kappa shape index (κ1) is 12.5. The molecule has 1 fully saturated rings. The molecule has 1 aromatic carbocycles. The Morgan fingerprint density at radius 1 is 1.29 bits per heavy atom. The number of nitrogen functional groups attached to an aromatic ring is 1. The van der Waals surface area contributed by atoms with Crippen molar-refractivity contribution in [2.24, 2.45) is 0 Å². The molecule has 0 unspecified atom stereocenters. The van der Waals surface area contributed by atoms with Gasteiger partial charge in [-0.25, -0.2) is 0 Å². The van der Waals surface area contributed by atoms with Gasteiger partial charge in [0.15, 0.2) is 0 Å². The lowest BCUT2D eigenvalue weighted by molar-refractivity contribution is 0.250. The van der Waals surface area contributed by atoms with E-state index in [0.717, 1.165) is 29.5 Å². The number of hydrogen-bond donors (Lipinski definition) is 1. The molecular weight excluding hydrogens is 234 g/mol. The molecule has 0 amide bonds. The van der Waals surface area contributed by atoms with Gasteiger partial charge in [0.1, 0.15) is 0 Å². The monoisotopic (exact) mass is 253 g/mol. The summed E-state index contributed by atoms with van der Waals surface area (Å²) in [5.74, 6) is 0. The van der Waals surface area contributed by atoms with Gasteiger partial charge in [-0.05, 0) is 45.1 Å². The van der Waals surface area contributed by atoms with Crippen LogP contribution in [0.5, 0.6) is 0 Å². The predicted molar refractivity (Wildman–Crippen MR) is 74.8 cm³/mol. The fourth-order valence-electron chi connectivity index (χ4n) is 2.41. The normalized spacial score (nSPS) is 17.8. The third kappa shape index (κ3) is 2.85. The zero-order valence-corrected chi connectivity index (χ0v) is 11.2. The second kappa shape index (κ2) is 5.15. The molecular formula is C13H20ClN3. The van der Waals surface area contributed by atoms with Gasteiger partial charge in [0.2, 0.25) is 0 Å². The van der Waals surface area contributed by atoms with Crippen molar-refractivity contribution in [2.45, 2.75) is 18.9 Å². The Bertz CT molecular complexity index is 384. The fraction of sp³-hybridized carbons (Fsp3) is 0.538. The molecule has 2 rings (SSSR count). The van der Waals surface area contributed by atoms with Gasteiger partial charge in [-0.1, -0.05) is 11.6 Å². The lowest BCUT2D eigenvalue weighted by Gasteiger charge is -2.37. The van der Waals surface area contributed by atoms with E-state index in [1.165, 1.54) is 12.8 Å². The second-order valence-electron chi connectivity index (χ2n) is 4.88. The molecule has 0 radical (unpaired) electrons. The van der Waals surface area contributed by atoms with Crippen LogP contribution in [-0.2, 0) is 0 Å². The molecule has 17 heavy (non-hydrogen) atoms. The largest absolute Gasteiger partial charge is 0.397 e. The van der Waals surface area contributed by atoms with E-state index >= 15 is 0 Å². The van der Waals surface area contributed by atoms with Crippen LogP contribution in [0, 0.1) is 0 Å². The molecule has 1 aromatic rings. The Morgan fingerprint density at radius 2 is 1.94 bits per heavy atom. The van der Waals surface area contributed by atoms with Crippen molar-refractivity contribution in [2.75, 3.05) is 37.8 Å². The molecule has 0 aliphatic carbocycles. The van der Waals surface area contributed by atoms with Gasteiger partial charge in [0.25, 0.3) is 0 Å². The van der Waals surface area contributed by atoms with Crippen LogP contribution < -0.4 is 10.6 Å². The zero-order valence-electron chi connectivity index (χ0n) is 10.5. The summed E-state index contributed by atoms with van der Waals surface area (Å²) in [6.45, 7) is 2.10. The minimum absolute atomic E-state index is 0.687. The second-order valence-corrected chi connectivity index (χ2v) is 5.32. The quantitative estimate of drug-likeness (QED) is 0.822. The Kier molecular flexibility index (Phi) is 3.79. The summed E-state index contributed by atoms with van der Waals surface area (Å²) in [5, 5.41) is 0.754. The van der Waals surface area contributed by atoms with Crippen molar-refractivity contribution in [1.29, 1.82) is 0 Å². The molecule has 0 atom stereocenters. The van der Waals surface area contributed by atoms with E-state index in [9.17, 15) is 0 Å². The van der Waals surface area contributed by atoms with E-state index in [4.69, 9.17) is 17.3 Å². The number of benzene rings is 1. The highest BCUT2D eigenvalue weighted by Gasteiger charge is 2.21. The number of rotatable bonds is 2. The number of nitrogens with two attached hydrogens (primary N) is 1. The standard InChI is InChI=1S/C13H20ClN3/c1-16(2)11-5-7-17(8-6-11)13-9-10(14)3-4-12(13)15/h3-4,9,11H,5-8,15H2,1-2H3. The number of halogens is 1. The van der Waals surface area contributed by atoms with Crippen molar-refractivity contribution in [3.63, 3.8) is 0 Å². The van der Waals surface area contributed by atoms with E-state index < -0.39 is 0 Å². The minimum Gasteiger partial charge on any atom is -0.397 e. The molecule has 1 saturated heterocycles. The van der Waals surface area contributed by atoms with Gasteiger partial charge in [-0.2, -0.15) is 0 Å². The van der Waals surface area contributed by atoms with Crippen LogP contribution in [0.15, 0.2) is 18.2 Å². The summed E-state index contributed by atoms with van der Waals surface area (Å²) in [5.41, 5.74) is 7.90. The lowest BCUT2D eigenvalue weighted by Crippen LogP contribution is -2.42. The average Bonchev–Trinajstić information content (AvgIpc) is 2.32. The van der Waals surface area contributed by atoms with E-state index in [1.54, 1.807) is 0 Å². The lowest BCUT2D eigenvalue weighted by atomic mass is 10.0. The maximum absolute atomic E-state index is 6.02. The van der Waals surface area contributed by atoms with E-state index in [1.807, 2.05) is 18.2 Å². The van der Waals surface area contributed by atoms with Gasteiger partial charge in [0, 0.05) is 24.2 Å². The SMILES string of the molecule is CN(C)C1CCN(c2cc(Cl)ccc2N)CC1. The smallest absolute Gasteiger partial charge is 0.0614 e. The summed E-state index contributed by atoms with van der Waals surface area (Å²) in [4.78, 5) is 4.64. The van der Waals surface area contributed by atoms with Gasteiger partial charge >= 0.3 is 0 Å². The van der Waals surface area contributed by atoms with Crippen LogP contribution in [0.1, 0.15) is 12.8 Å². The van der Waals surface area contributed by atoms with E-state index in [-0.39, 0.29) is 0 Å². The van der Waals surface area contributed by atoms with Gasteiger partial charge in [0.05, 0.1) is 11.4 Å². The van der Waals surface area contributed by atoms with Crippen LogP contribution in [0.3, 0.4) is 0 Å². The van der Waals surface area contributed by atoms with E-state index in [2.05, 4.69) is 23.9 Å². The van der Waals surface area contributed by atoms with Crippen LogP contribution in [-0.4, -0.2) is 38.1 Å². The van der Waals surface area contributed by atoms with E-state index in [0.29, 0.717) is 6.04 Å². The molecule has 2 N–H and O–H groups in total. The molecule has 1 heterocycles. The number of piperidine rings is 1. The molecule has 3 nitrogen and oxygen atoms in total. The first-order valence-electron chi connectivity index (χ1n) is 6.04. The molecule has 1 aliphatic heterocycles. The Labute approximate surface area is 108 Å². The molecule has 0 saturated carbocycles. The summed E-state index contributed by atoms with van der Waals surface area (Å²) >= 11 is 6.02. The van der Waals surface area contributed by atoms with Crippen LogP contribution in [0.25, 0.3) is 0 Å². The fourth-order valence-corrected chi connectivity index (χ4v) is 2.58. The Balaban J connectivity index is 2.07. The van der Waals surface area contributed by atoms with Crippen molar-refractivity contribution < 1.29 is 0 Å². The molecule has 94 valence electrons. The van der Waals surface area contributed by atoms with Crippen LogP contribution in [0.4, 0.5) is 11.4 Å². The predicted octanol–water partition coefficient (Wildman–Crippen LogP) is 2.45. The van der Waals surface area contributed by atoms with Crippen molar-refractivity contribution >= 4 is 23.0 Å². The summed E-state index contributed by atoms with van der Waals surface area (Å²) in [7, 11) is 4.29. The number of anilines is 2. The maximum Gasteiger partial charge on any atom is 0.0614 e. The average molecular weight is 254 g/mol. The number of hydrogen-bond acceptors (Lipinski definition) is 3. The molecule has 1 aliphatic rings. The highest BCUT2D eigenvalue weighted by Crippen LogP contribution is 2.29. The first-order valence-corrected chi connectivity index (χ1v) is 6.42. The minimum atomic E-state index is 0.687. The van der Waals surface area contributed by atoms with Crippen molar-refractivity contribution in [1.82, 2.24) is 4.90 Å². The molecule has 0 bridgehead atoms. The highest BCUT2D eigenvalue weighted by molar-refractivity contribution is 6.31. The Hall–Kier alpha value is -0.930. The molecule has 0 aromatic heterocycles. The van der Waals surface area contributed by atoms with Crippen molar-refractivity contribution in [3.8, 4) is 0 Å². The van der Waals surface area contributed by atoms with Crippen molar-refractivity contribution in [3.05, 3.63) is 23.2 Å². The molecule has 4 heteroatoms. The third-order valence-electron chi connectivity index (χ3n) is 3.53. The molecule has 0 spiro atoms. The topological polar surface area (TPSA) is 32.5 Å². The third-order valence-corrected chi connectivity index (χ3v) is 3.76. The highest BCUT2D eigenvalue weighted by atomic mass is 35.5. The first-order chi connectivity index (χ1) is 8.08. The van der Waals surface area contributed by atoms with Gasteiger partial charge < -0.3 is 15.5 Å². The number of nitrogens with zero attached hydrogens (tertiary/aromatic N) is 2. The van der Waals surface area contributed by atoms with Gasteiger partial charge in [-0.15, -0.1) is 0 Å². The van der Waals surface area contributed by atoms with Gasteiger partial charge in [-0.3, -0.25) is 0 Å². The van der Waals surface area contributed by atoms with Crippen LogP contribution in [0.2, 0.25) is 5.02 Å². The van der Waals surface area contributed by atoms with Crippen LogP contribution >= 0.6 is 11.6 Å². The maximum atomic E-state index is 6.02. The summed E-state index contributed by atoms with van der Waals surface area (Å²) < 4.78 is 0.